The molecule has 5 rings (SSSR count). The van der Waals surface area contributed by atoms with Gasteiger partial charge in [-0.1, -0.05) is 163 Å². The average Bonchev–Trinajstić information content (AvgIpc) is 3.07. The van der Waals surface area contributed by atoms with Crippen LogP contribution in [0.1, 0.15) is 88.5 Å². The minimum Gasteiger partial charge on any atom is -0.0654 e. The predicted octanol–water partition coefficient (Wildman–Crippen LogP) is 12.9. The lowest BCUT2D eigenvalue weighted by Crippen LogP contribution is -1.95. The third-order valence-corrected chi connectivity index (χ3v) is 9.00. The van der Waals surface area contributed by atoms with Crippen molar-refractivity contribution in [2.75, 3.05) is 0 Å². The minimum absolute atomic E-state index is 1.09. The number of aryl methyl sites for hydroxylation is 4. The number of hydrogen-bond acceptors (Lipinski definition) is 0. The fourth-order valence-corrected chi connectivity index (χ4v) is 6.39. The van der Waals surface area contributed by atoms with E-state index in [-0.39, 0.29) is 0 Å². The summed E-state index contributed by atoms with van der Waals surface area (Å²) in [6, 6.07) is 41.6. The molecule has 0 saturated heterocycles. The van der Waals surface area contributed by atoms with Gasteiger partial charge in [0.15, 0.2) is 0 Å². The van der Waals surface area contributed by atoms with E-state index < -0.39 is 0 Å². The lowest BCUT2D eigenvalue weighted by molar-refractivity contribution is 0.780. The molecule has 0 aliphatic rings. The molecular weight excluding hydrogens is 528 g/mol. The van der Waals surface area contributed by atoms with Crippen LogP contribution in [0.5, 0.6) is 0 Å². The third-order valence-electron chi connectivity index (χ3n) is 9.00. The zero-order valence-corrected chi connectivity index (χ0v) is 27.5. The van der Waals surface area contributed by atoms with Crippen molar-refractivity contribution < 1.29 is 0 Å². The van der Waals surface area contributed by atoms with Gasteiger partial charge >= 0.3 is 0 Å². The summed E-state index contributed by atoms with van der Waals surface area (Å²) in [6.45, 7) is 9.09. The van der Waals surface area contributed by atoms with Crippen molar-refractivity contribution in [3.63, 3.8) is 0 Å². The smallest absolute Gasteiger partial charge is 0.0151 e. The molecule has 0 fully saturated rings. The first-order valence-corrected chi connectivity index (χ1v) is 17.2. The van der Waals surface area contributed by atoms with Crippen molar-refractivity contribution in [1.29, 1.82) is 0 Å². The van der Waals surface area contributed by atoms with E-state index in [1.165, 1.54) is 112 Å². The molecule has 0 atom stereocenters. The Labute approximate surface area is 267 Å². The van der Waals surface area contributed by atoms with Gasteiger partial charge in [0, 0.05) is 0 Å². The predicted molar refractivity (Wildman–Crippen MR) is 193 cm³/mol. The van der Waals surface area contributed by atoms with Crippen LogP contribution >= 0.6 is 0 Å². The maximum absolute atomic E-state index is 2.43. The lowest BCUT2D eigenvalue weighted by Gasteiger charge is -2.13. The van der Waals surface area contributed by atoms with Crippen LogP contribution in [-0.4, -0.2) is 0 Å². The largest absolute Gasteiger partial charge is 0.0654 e. The third kappa shape index (κ3) is 7.78. The van der Waals surface area contributed by atoms with Gasteiger partial charge in [-0.2, -0.15) is 0 Å². The quantitative estimate of drug-likeness (QED) is 0.123. The lowest BCUT2D eigenvalue weighted by atomic mass is 9.91. The Morgan fingerprint density at radius 1 is 0.318 bits per heavy atom. The van der Waals surface area contributed by atoms with Gasteiger partial charge in [-0.25, -0.2) is 0 Å². The van der Waals surface area contributed by atoms with E-state index in [4.69, 9.17) is 0 Å². The fourth-order valence-electron chi connectivity index (χ4n) is 6.39. The van der Waals surface area contributed by atoms with E-state index in [1.807, 2.05) is 0 Å². The fraction of sp³-hybridized carbons (Fsp3) is 0.318. The van der Waals surface area contributed by atoms with Gasteiger partial charge in [-0.3, -0.25) is 0 Å². The van der Waals surface area contributed by atoms with Gasteiger partial charge in [-0.05, 0) is 105 Å². The number of benzene rings is 5. The topological polar surface area (TPSA) is 0 Å². The highest BCUT2D eigenvalue weighted by atomic mass is 14.1. The average molecular weight is 579 g/mol. The summed E-state index contributed by atoms with van der Waals surface area (Å²) < 4.78 is 0. The maximum atomic E-state index is 2.43. The molecule has 0 unspecified atom stereocenters. The van der Waals surface area contributed by atoms with Crippen molar-refractivity contribution in [1.82, 2.24) is 0 Å². The molecule has 0 N–H and O–H groups in total. The summed E-state index contributed by atoms with van der Waals surface area (Å²) >= 11 is 0. The molecule has 0 bridgehead atoms. The number of hydrogen-bond donors (Lipinski definition) is 0. The second-order valence-electron chi connectivity index (χ2n) is 12.4. The highest BCUT2D eigenvalue weighted by Crippen LogP contribution is 2.33. The molecule has 0 nitrogen and oxygen atoms in total. The Bertz CT molecular complexity index is 1600. The summed E-state index contributed by atoms with van der Waals surface area (Å²) in [6.07, 6.45) is 12.0. The second kappa shape index (κ2) is 15.7. The van der Waals surface area contributed by atoms with Gasteiger partial charge < -0.3 is 0 Å². The molecule has 44 heavy (non-hydrogen) atoms. The molecule has 0 aromatic heterocycles. The Morgan fingerprint density at radius 2 is 0.750 bits per heavy atom. The first-order chi connectivity index (χ1) is 21.6. The summed E-state index contributed by atoms with van der Waals surface area (Å²) in [7, 11) is 0. The molecule has 5 aromatic rings. The van der Waals surface area contributed by atoms with E-state index >= 15 is 0 Å². The summed E-state index contributed by atoms with van der Waals surface area (Å²) in [5.74, 6) is 0. The van der Waals surface area contributed by atoms with Gasteiger partial charge in [0.1, 0.15) is 0 Å². The Hall–Kier alpha value is -3.90. The van der Waals surface area contributed by atoms with Crippen LogP contribution in [0.4, 0.5) is 0 Å². The summed E-state index contributed by atoms with van der Waals surface area (Å²) in [5, 5.41) is 0. The molecule has 0 aliphatic heterocycles. The van der Waals surface area contributed by atoms with Crippen molar-refractivity contribution in [3.8, 4) is 44.5 Å². The molecule has 0 aliphatic carbocycles. The van der Waals surface area contributed by atoms with E-state index in [1.54, 1.807) is 0 Å². The van der Waals surface area contributed by atoms with E-state index in [2.05, 4.69) is 137 Å². The standard InChI is InChI=1S/C44H50/c1-5-9-13-33-15-17-39(18-16-33)44-30-29-42(32-43(44)12-8-4)38-25-21-36(22-26-38)35-19-23-37(24-20-35)41-28-27-34(14-10-6-2)40(31-41)11-7-3/h15-32H,5-14H2,1-4H3. The van der Waals surface area contributed by atoms with Crippen LogP contribution in [0.25, 0.3) is 44.5 Å². The van der Waals surface area contributed by atoms with Crippen LogP contribution in [0.3, 0.4) is 0 Å². The maximum Gasteiger partial charge on any atom is -0.0151 e. The normalized spacial score (nSPS) is 11.2. The molecule has 0 heteroatoms. The molecular formula is C44H50. The highest BCUT2D eigenvalue weighted by Gasteiger charge is 2.10. The molecule has 226 valence electrons. The van der Waals surface area contributed by atoms with Gasteiger partial charge in [0.2, 0.25) is 0 Å². The first-order valence-electron chi connectivity index (χ1n) is 17.2. The molecule has 5 aromatic carbocycles. The van der Waals surface area contributed by atoms with Gasteiger partial charge in [-0.15, -0.1) is 0 Å². The second-order valence-corrected chi connectivity index (χ2v) is 12.4. The first kappa shape index (κ1) is 31.5. The van der Waals surface area contributed by atoms with Crippen LogP contribution in [0.15, 0.2) is 109 Å². The van der Waals surface area contributed by atoms with Crippen LogP contribution in [0.2, 0.25) is 0 Å². The highest BCUT2D eigenvalue weighted by molar-refractivity contribution is 5.76. The molecule has 0 radical (unpaired) electrons. The zero-order chi connectivity index (χ0) is 30.7. The van der Waals surface area contributed by atoms with Crippen molar-refractivity contribution >= 4 is 0 Å². The summed E-state index contributed by atoms with van der Waals surface area (Å²) in [5.41, 5.74) is 16.3. The van der Waals surface area contributed by atoms with Crippen molar-refractivity contribution in [2.45, 2.75) is 91.9 Å². The number of unbranched alkanes of at least 4 members (excludes halogenated alkanes) is 2. The van der Waals surface area contributed by atoms with Crippen LogP contribution in [-0.2, 0) is 25.7 Å². The SMILES string of the molecule is CCCCc1ccc(-c2ccc(-c3ccc(-c4ccc(-c5ccc(CCCC)c(CCC)c5)cc4)cc3)cc2CCC)cc1. The van der Waals surface area contributed by atoms with E-state index in [0.717, 1.165) is 19.3 Å². The van der Waals surface area contributed by atoms with Crippen molar-refractivity contribution in [3.05, 3.63) is 131 Å². The molecule has 0 saturated carbocycles. The van der Waals surface area contributed by atoms with Crippen LogP contribution < -0.4 is 0 Å². The van der Waals surface area contributed by atoms with Crippen molar-refractivity contribution in [2.24, 2.45) is 0 Å². The Kier molecular flexibility index (Phi) is 11.3. The molecule has 0 amide bonds. The van der Waals surface area contributed by atoms with Gasteiger partial charge in [0.05, 0.1) is 0 Å². The van der Waals surface area contributed by atoms with Gasteiger partial charge in [0.25, 0.3) is 0 Å². The van der Waals surface area contributed by atoms with E-state index in [9.17, 15) is 0 Å². The summed E-state index contributed by atoms with van der Waals surface area (Å²) in [4.78, 5) is 0. The monoisotopic (exact) mass is 578 g/mol. The zero-order valence-electron chi connectivity index (χ0n) is 27.5. The minimum atomic E-state index is 1.09. The number of rotatable bonds is 14. The Morgan fingerprint density at radius 3 is 1.30 bits per heavy atom. The molecule has 0 heterocycles. The van der Waals surface area contributed by atoms with E-state index in [0.29, 0.717) is 0 Å². The van der Waals surface area contributed by atoms with Crippen LogP contribution in [0, 0.1) is 0 Å². The molecule has 0 spiro atoms. The Balaban J connectivity index is 1.33.